The number of carboxylic acid groups (broad SMARTS) is 1. The normalized spacial score (nSPS) is 10.6. The molecule has 0 aliphatic rings. The molecule has 0 atom stereocenters. The molecule has 0 aliphatic heterocycles. The molecule has 2 heterocycles. The summed E-state index contributed by atoms with van der Waals surface area (Å²) in [6.07, 6.45) is 1.53. The summed E-state index contributed by atoms with van der Waals surface area (Å²) >= 11 is 0.944. The molecule has 98 valence electrons. The summed E-state index contributed by atoms with van der Waals surface area (Å²) in [5.74, 6) is -1.46. The van der Waals surface area contributed by atoms with Crippen LogP contribution in [0.5, 0.6) is 5.75 Å². The molecule has 0 bridgehead atoms. The van der Waals surface area contributed by atoms with Crippen LogP contribution in [0.15, 0.2) is 30.6 Å². The van der Waals surface area contributed by atoms with Crippen LogP contribution in [0.3, 0.4) is 0 Å². The van der Waals surface area contributed by atoms with Crippen molar-refractivity contribution >= 4 is 28.3 Å². The van der Waals surface area contributed by atoms with Crippen LogP contribution in [0, 0.1) is 11.3 Å². The van der Waals surface area contributed by atoms with Gasteiger partial charge in [-0.15, -0.1) is 11.3 Å². The molecule has 6 nitrogen and oxygen atoms in total. The minimum absolute atomic E-state index is 0.127. The maximum Gasteiger partial charge on any atom is 0.349 e. The molecule has 0 saturated heterocycles. The van der Waals surface area contributed by atoms with Crippen LogP contribution in [-0.2, 0) is 0 Å². The minimum Gasteiger partial charge on any atom is -0.506 e. The van der Waals surface area contributed by atoms with Gasteiger partial charge in [0.2, 0.25) is 0 Å². The van der Waals surface area contributed by atoms with Crippen molar-refractivity contribution in [2.45, 2.75) is 0 Å². The van der Waals surface area contributed by atoms with Crippen LogP contribution >= 0.6 is 11.3 Å². The van der Waals surface area contributed by atoms with Gasteiger partial charge in [-0.05, 0) is 18.2 Å². The molecule has 0 amide bonds. The third-order valence-electron chi connectivity index (χ3n) is 2.81. The molecule has 1 aromatic carbocycles. The van der Waals surface area contributed by atoms with Gasteiger partial charge in [-0.2, -0.15) is 5.26 Å². The summed E-state index contributed by atoms with van der Waals surface area (Å²) in [6, 6.07) is 8.46. The predicted octanol–water partition coefficient (Wildman–Crippen LogP) is 2.36. The van der Waals surface area contributed by atoms with Gasteiger partial charge in [0.05, 0.1) is 22.7 Å². The number of hydrogen-bond donors (Lipinski definition) is 2. The molecule has 20 heavy (non-hydrogen) atoms. The lowest BCUT2D eigenvalue weighted by molar-refractivity contribution is 0.0699. The zero-order chi connectivity index (χ0) is 14.3. The van der Waals surface area contributed by atoms with E-state index in [1.165, 1.54) is 12.4 Å². The number of benzene rings is 1. The molecule has 0 spiro atoms. The van der Waals surface area contributed by atoms with Crippen molar-refractivity contribution in [1.29, 1.82) is 5.26 Å². The Morgan fingerprint density at radius 3 is 2.85 bits per heavy atom. The third kappa shape index (κ3) is 1.79. The number of aromatic carboxylic acids is 1. The lowest BCUT2D eigenvalue weighted by Gasteiger charge is -1.99. The first-order valence-corrected chi connectivity index (χ1v) is 6.35. The lowest BCUT2D eigenvalue weighted by Crippen LogP contribution is -1.91. The maximum atomic E-state index is 11.0. The first kappa shape index (κ1) is 12.2. The molecule has 0 radical (unpaired) electrons. The summed E-state index contributed by atoms with van der Waals surface area (Å²) in [7, 11) is 0. The van der Waals surface area contributed by atoms with Crippen molar-refractivity contribution in [3.8, 4) is 16.8 Å². The van der Waals surface area contributed by atoms with E-state index in [9.17, 15) is 9.90 Å². The highest BCUT2D eigenvalue weighted by Crippen LogP contribution is 2.32. The van der Waals surface area contributed by atoms with Crippen LogP contribution in [-0.4, -0.2) is 25.7 Å². The van der Waals surface area contributed by atoms with Gasteiger partial charge in [-0.3, -0.25) is 4.57 Å². The Balaban J connectivity index is 2.22. The number of carbonyl (C=O) groups is 1. The van der Waals surface area contributed by atoms with E-state index in [1.807, 2.05) is 6.07 Å². The largest absolute Gasteiger partial charge is 0.506 e. The van der Waals surface area contributed by atoms with Gasteiger partial charge in [0.15, 0.2) is 4.88 Å². The van der Waals surface area contributed by atoms with E-state index < -0.39 is 5.97 Å². The van der Waals surface area contributed by atoms with Crippen molar-refractivity contribution in [3.63, 3.8) is 0 Å². The van der Waals surface area contributed by atoms with Crippen LogP contribution in [0.25, 0.3) is 16.0 Å². The number of hydrogen-bond acceptors (Lipinski definition) is 5. The molecule has 7 heteroatoms. The Hall–Kier alpha value is -2.85. The van der Waals surface area contributed by atoms with Crippen molar-refractivity contribution in [2.24, 2.45) is 0 Å². The second-order valence-corrected chi connectivity index (χ2v) is 5.06. The van der Waals surface area contributed by atoms with Crippen molar-refractivity contribution < 1.29 is 15.0 Å². The number of nitriles is 1. The Labute approximate surface area is 116 Å². The SMILES string of the molecule is N#Cc1ccc2ncn(-c3cc(O)c(C(=O)O)s3)c2c1. The molecule has 2 N–H and O–H groups in total. The average Bonchev–Trinajstić information content (AvgIpc) is 3.01. The van der Waals surface area contributed by atoms with E-state index >= 15 is 0 Å². The Bertz CT molecular complexity index is 873. The van der Waals surface area contributed by atoms with Gasteiger partial charge in [0.25, 0.3) is 0 Å². The molecular formula is C13H7N3O3S. The highest BCUT2D eigenvalue weighted by molar-refractivity contribution is 7.16. The van der Waals surface area contributed by atoms with Gasteiger partial charge < -0.3 is 10.2 Å². The van der Waals surface area contributed by atoms with Gasteiger partial charge in [0.1, 0.15) is 17.1 Å². The molecule has 3 rings (SSSR count). The topological polar surface area (TPSA) is 99.1 Å². The molecule has 0 saturated carbocycles. The van der Waals surface area contributed by atoms with Gasteiger partial charge in [0, 0.05) is 6.07 Å². The minimum atomic E-state index is -1.18. The molecule has 0 aliphatic carbocycles. The Kier molecular flexibility index (Phi) is 2.66. The Morgan fingerprint density at radius 1 is 1.40 bits per heavy atom. The van der Waals surface area contributed by atoms with Crippen LogP contribution < -0.4 is 0 Å². The average molecular weight is 285 g/mol. The highest BCUT2D eigenvalue weighted by atomic mass is 32.1. The number of imidazole rings is 1. The van der Waals surface area contributed by atoms with E-state index in [1.54, 1.807) is 22.8 Å². The predicted molar refractivity (Wildman–Crippen MR) is 72.3 cm³/mol. The number of aromatic nitrogens is 2. The first-order valence-electron chi connectivity index (χ1n) is 5.54. The number of fused-ring (bicyclic) bond motifs is 1. The van der Waals surface area contributed by atoms with Crippen molar-refractivity contribution in [1.82, 2.24) is 9.55 Å². The van der Waals surface area contributed by atoms with Crippen LogP contribution in [0.1, 0.15) is 15.2 Å². The maximum absolute atomic E-state index is 11.0. The zero-order valence-corrected chi connectivity index (χ0v) is 10.8. The second-order valence-electron chi connectivity index (χ2n) is 4.03. The number of thiophene rings is 1. The highest BCUT2D eigenvalue weighted by Gasteiger charge is 2.17. The van der Waals surface area contributed by atoms with E-state index in [-0.39, 0.29) is 10.6 Å². The summed E-state index contributed by atoms with van der Waals surface area (Å²) in [5, 5.41) is 28.0. The summed E-state index contributed by atoms with van der Waals surface area (Å²) in [4.78, 5) is 15.0. The number of nitrogens with zero attached hydrogens (tertiary/aromatic N) is 3. The number of rotatable bonds is 2. The summed E-state index contributed by atoms with van der Waals surface area (Å²) in [6.45, 7) is 0. The fraction of sp³-hybridized carbons (Fsp3) is 0. The summed E-state index contributed by atoms with van der Waals surface area (Å²) in [5.41, 5.74) is 1.86. The monoisotopic (exact) mass is 285 g/mol. The van der Waals surface area contributed by atoms with Gasteiger partial charge >= 0.3 is 5.97 Å². The molecule has 0 fully saturated rings. The zero-order valence-electron chi connectivity index (χ0n) is 9.94. The standard InChI is InChI=1S/C13H7N3O3S/c14-5-7-1-2-8-9(3-7)16(6-15-8)11-4-10(17)12(20-11)13(18)19/h1-4,6,17H,(H,18,19). The van der Waals surface area contributed by atoms with Gasteiger partial charge in [-0.25, -0.2) is 9.78 Å². The smallest absolute Gasteiger partial charge is 0.349 e. The lowest BCUT2D eigenvalue weighted by atomic mass is 10.2. The molecule has 2 aromatic heterocycles. The molecule has 0 unspecified atom stereocenters. The molecular weight excluding hydrogens is 278 g/mol. The Morgan fingerprint density at radius 2 is 2.20 bits per heavy atom. The molecule has 3 aromatic rings. The van der Waals surface area contributed by atoms with E-state index in [0.29, 0.717) is 21.6 Å². The fourth-order valence-electron chi connectivity index (χ4n) is 1.89. The van der Waals surface area contributed by atoms with Crippen LogP contribution in [0.2, 0.25) is 0 Å². The summed E-state index contributed by atoms with van der Waals surface area (Å²) < 4.78 is 1.65. The van der Waals surface area contributed by atoms with Gasteiger partial charge in [-0.1, -0.05) is 0 Å². The quantitative estimate of drug-likeness (QED) is 0.753. The fourth-order valence-corrected chi connectivity index (χ4v) is 2.77. The first-order chi connectivity index (χ1) is 9.60. The van der Waals surface area contributed by atoms with E-state index in [2.05, 4.69) is 4.98 Å². The third-order valence-corrected chi connectivity index (χ3v) is 3.92. The van der Waals surface area contributed by atoms with E-state index in [0.717, 1.165) is 11.3 Å². The second kappa shape index (κ2) is 4.36. The van der Waals surface area contributed by atoms with Crippen molar-refractivity contribution in [2.75, 3.05) is 0 Å². The van der Waals surface area contributed by atoms with Crippen LogP contribution in [0.4, 0.5) is 0 Å². The van der Waals surface area contributed by atoms with Crippen molar-refractivity contribution in [3.05, 3.63) is 41.0 Å². The number of carboxylic acids is 1. The number of aromatic hydroxyl groups is 1. The van der Waals surface area contributed by atoms with E-state index in [4.69, 9.17) is 10.4 Å².